The normalized spacial score (nSPS) is 10.6. The Bertz CT molecular complexity index is 741. The summed E-state index contributed by atoms with van der Waals surface area (Å²) in [5.74, 6) is 0.544. The van der Waals surface area contributed by atoms with Crippen molar-refractivity contribution >= 4 is 11.5 Å². The number of methoxy groups -OCH3 is 2. The van der Waals surface area contributed by atoms with Crippen LogP contribution in [-0.2, 0) is 0 Å². The number of nitrogens with one attached hydrogen (secondary N) is 1. The number of carbonyl (C=O) groups is 1. The van der Waals surface area contributed by atoms with Gasteiger partial charge in [0, 0.05) is 23.5 Å². The van der Waals surface area contributed by atoms with Gasteiger partial charge in [-0.15, -0.1) is 0 Å². The molecule has 2 aromatic rings. The van der Waals surface area contributed by atoms with Gasteiger partial charge in [-0.1, -0.05) is 6.07 Å². The molecule has 0 spiro atoms. The van der Waals surface area contributed by atoms with E-state index in [0.717, 1.165) is 0 Å². The zero-order valence-electron chi connectivity index (χ0n) is 13.2. The summed E-state index contributed by atoms with van der Waals surface area (Å²) in [5, 5.41) is 2.87. The number of allylic oxidation sites excluding steroid dienone is 1. The lowest BCUT2D eigenvalue weighted by Gasteiger charge is -2.08. The van der Waals surface area contributed by atoms with E-state index in [2.05, 4.69) is 5.32 Å². The Morgan fingerprint density at radius 2 is 1.83 bits per heavy atom. The Balaban J connectivity index is 2.07. The van der Waals surface area contributed by atoms with Crippen molar-refractivity contribution in [3.8, 4) is 11.5 Å². The van der Waals surface area contributed by atoms with Crippen LogP contribution in [0.2, 0.25) is 0 Å². The van der Waals surface area contributed by atoms with Crippen molar-refractivity contribution in [3.05, 3.63) is 65.6 Å². The topological polar surface area (TPSA) is 47.6 Å². The second kappa shape index (κ2) is 7.45. The molecule has 0 saturated heterocycles. The second-order valence-electron chi connectivity index (χ2n) is 4.88. The number of rotatable bonds is 6. The Morgan fingerprint density at radius 1 is 1.09 bits per heavy atom. The van der Waals surface area contributed by atoms with Gasteiger partial charge in [0.1, 0.15) is 5.82 Å². The number of halogens is 1. The number of carbonyl (C=O) groups excluding carboxylic acids is 1. The minimum absolute atomic E-state index is 0.203. The molecule has 0 amide bonds. The van der Waals surface area contributed by atoms with E-state index in [1.165, 1.54) is 32.6 Å². The van der Waals surface area contributed by atoms with Gasteiger partial charge in [0.2, 0.25) is 0 Å². The third-order valence-electron chi connectivity index (χ3n) is 3.32. The molecule has 0 aliphatic carbocycles. The Hall–Kier alpha value is -2.82. The summed E-state index contributed by atoms with van der Waals surface area (Å²) in [4.78, 5) is 12.1. The van der Waals surface area contributed by atoms with Crippen LogP contribution >= 0.6 is 0 Å². The summed E-state index contributed by atoms with van der Waals surface area (Å²) in [6.07, 6.45) is 2.85. The quantitative estimate of drug-likeness (QED) is 0.647. The third kappa shape index (κ3) is 4.10. The Kier molecular flexibility index (Phi) is 5.36. The first-order valence-corrected chi connectivity index (χ1v) is 7.00. The lowest BCUT2D eigenvalue weighted by molar-refractivity contribution is 0.104. The number of ether oxygens (including phenoxy) is 2. The number of anilines is 1. The zero-order valence-corrected chi connectivity index (χ0v) is 13.2. The first-order valence-electron chi connectivity index (χ1n) is 7.00. The van der Waals surface area contributed by atoms with Gasteiger partial charge < -0.3 is 14.8 Å². The van der Waals surface area contributed by atoms with Crippen molar-refractivity contribution in [2.24, 2.45) is 0 Å². The van der Waals surface area contributed by atoms with Crippen LogP contribution in [0.4, 0.5) is 10.1 Å². The molecule has 0 atom stereocenters. The largest absolute Gasteiger partial charge is 0.493 e. The van der Waals surface area contributed by atoms with Crippen LogP contribution in [0.3, 0.4) is 0 Å². The molecule has 23 heavy (non-hydrogen) atoms. The molecule has 2 rings (SSSR count). The van der Waals surface area contributed by atoms with Gasteiger partial charge in [-0.05, 0) is 42.8 Å². The van der Waals surface area contributed by atoms with Crippen molar-refractivity contribution in [2.75, 3.05) is 19.5 Å². The molecule has 0 fully saturated rings. The van der Waals surface area contributed by atoms with Crippen LogP contribution in [-0.4, -0.2) is 20.0 Å². The van der Waals surface area contributed by atoms with Crippen LogP contribution in [0.25, 0.3) is 0 Å². The van der Waals surface area contributed by atoms with Crippen LogP contribution in [0.15, 0.2) is 48.7 Å². The van der Waals surface area contributed by atoms with Crippen LogP contribution < -0.4 is 14.8 Å². The van der Waals surface area contributed by atoms with Crippen LogP contribution in [0.5, 0.6) is 11.5 Å². The molecule has 5 heteroatoms. The van der Waals surface area contributed by atoms with E-state index in [-0.39, 0.29) is 11.6 Å². The second-order valence-corrected chi connectivity index (χ2v) is 4.88. The molecule has 0 saturated carbocycles. The van der Waals surface area contributed by atoms with E-state index in [9.17, 15) is 9.18 Å². The fourth-order valence-corrected chi connectivity index (χ4v) is 1.98. The molecule has 0 aliphatic heterocycles. The third-order valence-corrected chi connectivity index (χ3v) is 3.32. The average molecular weight is 315 g/mol. The van der Waals surface area contributed by atoms with Gasteiger partial charge in [0.15, 0.2) is 17.3 Å². The molecule has 0 aromatic heterocycles. The van der Waals surface area contributed by atoms with Crippen molar-refractivity contribution in [3.63, 3.8) is 0 Å². The smallest absolute Gasteiger partial charge is 0.187 e. The molecule has 2 aromatic carbocycles. The Labute approximate surface area is 134 Å². The molecule has 4 nitrogen and oxygen atoms in total. The molecule has 0 unspecified atom stereocenters. The van der Waals surface area contributed by atoms with Crippen LogP contribution in [0, 0.1) is 12.7 Å². The van der Waals surface area contributed by atoms with Gasteiger partial charge in [0.05, 0.1) is 14.2 Å². The van der Waals surface area contributed by atoms with E-state index in [1.807, 2.05) is 0 Å². The summed E-state index contributed by atoms with van der Waals surface area (Å²) in [6, 6.07) is 9.71. The molecule has 120 valence electrons. The SMILES string of the molecule is COc1ccc(C(=O)/C=C/Nc2ccc(C)c(F)c2)cc1OC. The Morgan fingerprint density at radius 3 is 2.48 bits per heavy atom. The van der Waals surface area contributed by atoms with Gasteiger partial charge in [0.25, 0.3) is 0 Å². The number of hydrogen-bond donors (Lipinski definition) is 1. The zero-order chi connectivity index (χ0) is 16.8. The fourth-order valence-electron chi connectivity index (χ4n) is 1.98. The maximum absolute atomic E-state index is 13.4. The van der Waals surface area contributed by atoms with Gasteiger partial charge >= 0.3 is 0 Å². The summed E-state index contributed by atoms with van der Waals surface area (Å²) in [6.45, 7) is 1.69. The maximum atomic E-state index is 13.4. The van der Waals surface area contributed by atoms with Crippen LogP contribution in [0.1, 0.15) is 15.9 Å². The van der Waals surface area contributed by atoms with E-state index < -0.39 is 0 Å². The highest BCUT2D eigenvalue weighted by Crippen LogP contribution is 2.27. The highest BCUT2D eigenvalue weighted by atomic mass is 19.1. The first-order chi connectivity index (χ1) is 11.0. The maximum Gasteiger partial charge on any atom is 0.187 e. The molecule has 0 aliphatic rings. The highest BCUT2D eigenvalue weighted by Gasteiger charge is 2.08. The molecule has 0 bridgehead atoms. The lowest BCUT2D eigenvalue weighted by atomic mass is 10.1. The minimum atomic E-state index is -0.297. The number of ketones is 1. The van der Waals surface area contributed by atoms with E-state index in [1.54, 1.807) is 37.3 Å². The van der Waals surface area contributed by atoms with E-state index in [0.29, 0.717) is 28.3 Å². The molecular weight excluding hydrogens is 297 g/mol. The summed E-state index contributed by atoms with van der Waals surface area (Å²) in [5.41, 5.74) is 1.61. The standard InChI is InChI=1S/C18H18FNO3/c1-12-4-6-14(11-15(12)19)20-9-8-16(21)13-5-7-17(22-2)18(10-13)23-3/h4-11,20H,1-3H3/b9-8+. The summed E-state index contributed by atoms with van der Waals surface area (Å²) < 4.78 is 23.7. The number of benzene rings is 2. The predicted molar refractivity (Wildman–Crippen MR) is 87.8 cm³/mol. The lowest BCUT2D eigenvalue weighted by Crippen LogP contribution is -1.99. The fraction of sp³-hybridized carbons (Fsp3) is 0.167. The predicted octanol–water partition coefficient (Wildman–Crippen LogP) is 3.96. The van der Waals surface area contributed by atoms with Crippen molar-refractivity contribution in [1.29, 1.82) is 0 Å². The van der Waals surface area contributed by atoms with Crippen molar-refractivity contribution in [1.82, 2.24) is 0 Å². The van der Waals surface area contributed by atoms with E-state index in [4.69, 9.17) is 9.47 Å². The van der Waals surface area contributed by atoms with Gasteiger partial charge in [-0.25, -0.2) is 4.39 Å². The molecule has 0 radical (unpaired) electrons. The van der Waals surface area contributed by atoms with Gasteiger partial charge in [-0.3, -0.25) is 4.79 Å². The average Bonchev–Trinajstić information content (AvgIpc) is 2.57. The van der Waals surface area contributed by atoms with Crippen molar-refractivity contribution in [2.45, 2.75) is 6.92 Å². The molecule has 1 N–H and O–H groups in total. The first kappa shape index (κ1) is 16.5. The summed E-state index contributed by atoms with van der Waals surface area (Å²) >= 11 is 0. The number of aryl methyl sites for hydroxylation is 1. The highest BCUT2D eigenvalue weighted by molar-refractivity contribution is 6.05. The minimum Gasteiger partial charge on any atom is -0.493 e. The summed E-state index contributed by atoms with van der Waals surface area (Å²) in [7, 11) is 3.04. The molecular formula is C18H18FNO3. The van der Waals surface area contributed by atoms with Gasteiger partial charge in [-0.2, -0.15) is 0 Å². The van der Waals surface area contributed by atoms with Crippen molar-refractivity contribution < 1.29 is 18.7 Å². The number of hydrogen-bond acceptors (Lipinski definition) is 4. The monoisotopic (exact) mass is 315 g/mol. The van der Waals surface area contributed by atoms with E-state index >= 15 is 0 Å². The molecule has 0 heterocycles.